The lowest BCUT2D eigenvalue weighted by atomic mass is 10.2. The van der Waals surface area contributed by atoms with Crippen LogP contribution in [0.5, 0.6) is 0 Å². The van der Waals surface area contributed by atoms with E-state index >= 15 is 0 Å². The summed E-state index contributed by atoms with van der Waals surface area (Å²) in [5, 5.41) is 3.59. The smallest absolute Gasteiger partial charge is 0.0753 e. The van der Waals surface area contributed by atoms with E-state index in [4.69, 9.17) is 0 Å². The first-order valence-electron chi connectivity index (χ1n) is 5.38. The molecule has 0 aromatic carbocycles. The van der Waals surface area contributed by atoms with Crippen LogP contribution in [-0.2, 0) is 0 Å². The first-order chi connectivity index (χ1) is 6.86. The molecule has 1 atom stereocenters. The predicted molar refractivity (Wildman–Crippen MR) is 55.8 cm³/mol. The minimum absolute atomic E-state index is 0.326. The number of hydrogen-bond acceptors (Lipinski definition) is 3. The number of nitrogens with one attached hydrogen (secondary N) is 1. The SMILES string of the molecule is CC(NC1CCCC1)c1cnccn1. The minimum atomic E-state index is 0.326. The molecule has 0 radical (unpaired) electrons. The van der Waals surface area contributed by atoms with Crippen molar-refractivity contribution in [3.63, 3.8) is 0 Å². The molecule has 0 amide bonds. The molecule has 0 bridgehead atoms. The van der Waals surface area contributed by atoms with Crippen LogP contribution in [0.25, 0.3) is 0 Å². The van der Waals surface area contributed by atoms with E-state index in [0.29, 0.717) is 12.1 Å². The summed E-state index contributed by atoms with van der Waals surface area (Å²) in [4.78, 5) is 8.37. The van der Waals surface area contributed by atoms with Crippen molar-refractivity contribution in [3.05, 3.63) is 24.3 Å². The maximum Gasteiger partial charge on any atom is 0.0753 e. The maximum atomic E-state index is 4.30. The van der Waals surface area contributed by atoms with Gasteiger partial charge in [-0.3, -0.25) is 9.97 Å². The van der Waals surface area contributed by atoms with Gasteiger partial charge in [0.1, 0.15) is 0 Å². The Morgan fingerprint density at radius 1 is 1.36 bits per heavy atom. The van der Waals surface area contributed by atoms with E-state index < -0.39 is 0 Å². The van der Waals surface area contributed by atoms with Gasteiger partial charge in [-0.1, -0.05) is 12.8 Å². The van der Waals surface area contributed by atoms with Gasteiger partial charge < -0.3 is 5.32 Å². The van der Waals surface area contributed by atoms with Crippen LogP contribution in [0.15, 0.2) is 18.6 Å². The molecule has 0 saturated heterocycles. The fourth-order valence-electron chi connectivity index (χ4n) is 2.07. The normalized spacial score (nSPS) is 19.8. The van der Waals surface area contributed by atoms with Crippen LogP contribution in [0.4, 0.5) is 0 Å². The van der Waals surface area contributed by atoms with E-state index in [9.17, 15) is 0 Å². The number of nitrogens with zero attached hydrogens (tertiary/aromatic N) is 2. The summed E-state index contributed by atoms with van der Waals surface area (Å²) >= 11 is 0. The molecule has 1 aliphatic carbocycles. The Morgan fingerprint density at radius 2 is 2.14 bits per heavy atom. The van der Waals surface area contributed by atoms with Crippen molar-refractivity contribution in [2.24, 2.45) is 0 Å². The number of aromatic nitrogens is 2. The average molecular weight is 191 g/mol. The highest BCUT2D eigenvalue weighted by Crippen LogP contribution is 2.20. The Morgan fingerprint density at radius 3 is 2.79 bits per heavy atom. The Labute approximate surface area is 85.0 Å². The molecule has 1 unspecified atom stereocenters. The Hall–Kier alpha value is -0.960. The topological polar surface area (TPSA) is 37.8 Å². The number of rotatable bonds is 3. The first kappa shape index (κ1) is 9.59. The molecule has 14 heavy (non-hydrogen) atoms. The molecule has 1 aromatic heterocycles. The molecule has 76 valence electrons. The lowest BCUT2D eigenvalue weighted by Gasteiger charge is -2.18. The summed E-state index contributed by atoms with van der Waals surface area (Å²) in [6.07, 6.45) is 10.7. The van der Waals surface area contributed by atoms with Gasteiger partial charge in [-0.05, 0) is 19.8 Å². The summed E-state index contributed by atoms with van der Waals surface area (Å²) in [5.74, 6) is 0. The maximum absolute atomic E-state index is 4.30. The first-order valence-corrected chi connectivity index (χ1v) is 5.38. The summed E-state index contributed by atoms with van der Waals surface area (Å²) in [7, 11) is 0. The summed E-state index contributed by atoms with van der Waals surface area (Å²) in [6.45, 7) is 2.16. The van der Waals surface area contributed by atoms with Gasteiger partial charge in [-0.2, -0.15) is 0 Å². The molecular weight excluding hydrogens is 174 g/mol. The molecule has 1 aromatic rings. The lowest BCUT2D eigenvalue weighted by molar-refractivity contribution is 0.454. The van der Waals surface area contributed by atoms with Crippen LogP contribution in [0.3, 0.4) is 0 Å². The fraction of sp³-hybridized carbons (Fsp3) is 0.636. The largest absolute Gasteiger partial charge is 0.306 e. The standard InChI is InChI=1S/C11H17N3/c1-9(11-8-12-6-7-13-11)14-10-4-2-3-5-10/h6-10,14H,2-5H2,1H3. The van der Waals surface area contributed by atoms with E-state index in [0.717, 1.165) is 5.69 Å². The van der Waals surface area contributed by atoms with Crippen LogP contribution in [0, 0.1) is 0 Å². The van der Waals surface area contributed by atoms with Gasteiger partial charge in [0.05, 0.1) is 5.69 Å². The summed E-state index contributed by atoms with van der Waals surface area (Å²) in [5.41, 5.74) is 1.04. The van der Waals surface area contributed by atoms with Gasteiger partial charge in [-0.25, -0.2) is 0 Å². The van der Waals surface area contributed by atoms with Crippen LogP contribution >= 0.6 is 0 Å². The monoisotopic (exact) mass is 191 g/mol. The third-order valence-corrected chi connectivity index (χ3v) is 2.87. The summed E-state index contributed by atoms with van der Waals surface area (Å²) < 4.78 is 0. The van der Waals surface area contributed by atoms with E-state index in [-0.39, 0.29) is 0 Å². The van der Waals surface area contributed by atoms with Crippen molar-refractivity contribution in [2.45, 2.75) is 44.7 Å². The van der Waals surface area contributed by atoms with Crippen molar-refractivity contribution in [1.29, 1.82) is 0 Å². The molecular formula is C11H17N3. The van der Waals surface area contributed by atoms with Gasteiger partial charge >= 0.3 is 0 Å². The van der Waals surface area contributed by atoms with Gasteiger partial charge in [0.2, 0.25) is 0 Å². The molecule has 0 spiro atoms. The Bertz CT molecular complexity index is 267. The van der Waals surface area contributed by atoms with E-state index in [1.54, 1.807) is 12.4 Å². The Balaban J connectivity index is 1.92. The van der Waals surface area contributed by atoms with E-state index in [1.807, 2.05) is 6.20 Å². The zero-order valence-electron chi connectivity index (χ0n) is 8.61. The second kappa shape index (κ2) is 4.51. The molecule has 1 N–H and O–H groups in total. The van der Waals surface area contributed by atoms with Crippen molar-refractivity contribution >= 4 is 0 Å². The summed E-state index contributed by atoms with van der Waals surface area (Å²) in [6, 6.07) is 1.01. The molecule has 3 heteroatoms. The highest BCUT2D eigenvalue weighted by atomic mass is 15.0. The van der Waals surface area contributed by atoms with Gasteiger partial charge in [0.25, 0.3) is 0 Å². The molecule has 1 fully saturated rings. The second-order valence-corrected chi connectivity index (χ2v) is 4.00. The van der Waals surface area contributed by atoms with Crippen molar-refractivity contribution in [3.8, 4) is 0 Å². The number of hydrogen-bond donors (Lipinski definition) is 1. The zero-order valence-corrected chi connectivity index (χ0v) is 8.61. The fourth-order valence-corrected chi connectivity index (χ4v) is 2.07. The predicted octanol–water partition coefficient (Wildman–Crippen LogP) is 2.07. The van der Waals surface area contributed by atoms with Crippen molar-refractivity contribution in [2.75, 3.05) is 0 Å². The van der Waals surface area contributed by atoms with E-state index in [2.05, 4.69) is 22.2 Å². The molecule has 2 rings (SSSR count). The van der Waals surface area contributed by atoms with Crippen LogP contribution in [-0.4, -0.2) is 16.0 Å². The van der Waals surface area contributed by atoms with Gasteiger partial charge in [0, 0.05) is 30.7 Å². The van der Waals surface area contributed by atoms with Crippen LogP contribution in [0.2, 0.25) is 0 Å². The molecule has 1 heterocycles. The second-order valence-electron chi connectivity index (χ2n) is 4.00. The van der Waals surface area contributed by atoms with E-state index in [1.165, 1.54) is 25.7 Å². The Kier molecular flexibility index (Phi) is 3.09. The highest BCUT2D eigenvalue weighted by molar-refractivity contribution is 5.01. The average Bonchev–Trinajstić information content (AvgIpc) is 2.72. The van der Waals surface area contributed by atoms with Crippen molar-refractivity contribution in [1.82, 2.24) is 15.3 Å². The zero-order chi connectivity index (χ0) is 9.80. The van der Waals surface area contributed by atoms with Crippen molar-refractivity contribution < 1.29 is 0 Å². The molecule has 0 aliphatic heterocycles. The molecule has 1 aliphatic rings. The molecule has 3 nitrogen and oxygen atoms in total. The van der Waals surface area contributed by atoms with Crippen LogP contribution < -0.4 is 5.32 Å². The third kappa shape index (κ3) is 2.29. The van der Waals surface area contributed by atoms with Gasteiger partial charge in [-0.15, -0.1) is 0 Å². The molecule has 1 saturated carbocycles. The minimum Gasteiger partial charge on any atom is -0.306 e. The highest BCUT2D eigenvalue weighted by Gasteiger charge is 2.17. The van der Waals surface area contributed by atoms with Crippen LogP contribution in [0.1, 0.15) is 44.3 Å². The van der Waals surface area contributed by atoms with Gasteiger partial charge in [0.15, 0.2) is 0 Å². The quantitative estimate of drug-likeness (QED) is 0.794. The third-order valence-electron chi connectivity index (χ3n) is 2.87. The lowest BCUT2D eigenvalue weighted by Crippen LogP contribution is -2.29.